The Kier molecular flexibility index (Phi) is 8.79. The lowest BCUT2D eigenvalue weighted by molar-refractivity contribution is 0.0954. The van der Waals surface area contributed by atoms with Crippen molar-refractivity contribution in [3.8, 4) is 0 Å². The third-order valence-corrected chi connectivity index (χ3v) is 4.91. The molecule has 1 amide bonds. The molecule has 0 aliphatic heterocycles. The number of amides is 1. The number of hydrogen-bond acceptors (Lipinski definition) is 4. The van der Waals surface area contributed by atoms with E-state index in [0.717, 1.165) is 6.26 Å². The van der Waals surface area contributed by atoms with E-state index in [-0.39, 0.29) is 18.2 Å². The Morgan fingerprint density at radius 1 is 1.00 bits per heavy atom. The van der Waals surface area contributed by atoms with Gasteiger partial charge >= 0.3 is 0 Å². The van der Waals surface area contributed by atoms with Crippen LogP contribution in [0.4, 0.5) is 4.39 Å². The molecule has 0 unspecified atom stereocenters. The van der Waals surface area contributed by atoms with Gasteiger partial charge in [-0.25, -0.2) is 17.8 Å². The molecule has 0 heterocycles. The monoisotopic (exact) mass is 434 g/mol. The number of benzene rings is 2. The Balaban J connectivity index is 1.96. The van der Waals surface area contributed by atoms with Crippen LogP contribution >= 0.6 is 0 Å². The van der Waals surface area contributed by atoms with Gasteiger partial charge in [0.05, 0.1) is 12.3 Å². The molecule has 0 saturated heterocycles. The maximum atomic E-state index is 13.6. The summed E-state index contributed by atoms with van der Waals surface area (Å²) in [5.41, 5.74) is 1.62. The molecule has 2 aromatic rings. The van der Waals surface area contributed by atoms with E-state index in [1.807, 2.05) is 13.0 Å². The zero-order valence-corrected chi connectivity index (χ0v) is 17.9. The van der Waals surface area contributed by atoms with Gasteiger partial charge in [-0.1, -0.05) is 24.3 Å². The summed E-state index contributed by atoms with van der Waals surface area (Å²) in [7, 11) is -3.25. The summed E-state index contributed by atoms with van der Waals surface area (Å²) in [5.74, 6) is -0.294. The predicted molar refractivity (Wildman–Crippen MR) is 117 cm³/mol. The Hall–Kier alpha value is -2.94. The highest BCUT2D eigenvalue weighted by molar-refractivity contribution is 7.89. The highest BCUT2D eigenvalue weighted by Crippen LogP contribution is 2.15. The zero-order valence-electron chi connectivity index (χ0n) is 17.1. The van der Waals surface area contributed by atoms with Crippen molar-refractivity contribution < 1.29 is 17.6 Å². The van der Waals surface area contributed by atoms with Crippen molar-refractivity contribution in [3.63, 3.8) is 0 Å². The molecular formula is C21H27FN4O3S. The lowest BCUT2D eigenvalue weighted by Gasteiger charge is -2.13. The number of rotatable bonds is 9. The number of guanidine groups is 1. The second kappa shape index (κ2) is 11.3. The predicted octanol–water partition coefficient (Wildman–Crippen LogP) is 1.86. The first kappa shape index (κ1) is 23.3. The Morgan fingerprint density at radius 3 is 2.37 bits per heavy atom. The van der Waals surface area contributed by atoms with Gasteiger partial charge in [-0.15, -0.1) is 0 Å². The fourth-order valence-electron chi connectivity index (χ4n) is 2.72. The summed E-state index contributed by atoms with van der Waals surface area (Å²) in [6.45, 7) is 3.46. The van der Waals surface area contributed by atoms with Crippen molar-refractivity contribution in [3.05, 3.63) is 71.0 Å². The number of aliphatic imine (C=N–C) groups is 1. The second-order valence-electron chi connectivity index (χ2n) is 6.73. The first-order valence-corrected chi connectivity index (χ1v) is 11.6. The molecular weight excluding hydrogens is 407 g/mol. The minimum absolute atomic E-state index is 0.119. The van der Waals surface area contributed by atoms with E-state index in [9.17, 15) is 17.6 Å². The molecule has 9 heteroatoms. The van der Waals surface area contributed by atoms with Crippen molar-refractivity contribution in [1.29, 1.82) is 0 Å². The van der Waals surface area contributed by atoms with E-state index in [1.165, 1.54) is 18.2 Å². The number of hydrogen-bond donors (Lipinski definition) is 3. The lowest BCUT2D eigenvalue weighted by Crippen LogP contribution is -2.41. The normalized spacial score (nSPS) is 11.8. The molecule has 162 valence electrons. The van der Waals surface area contributed by atoms with E-state index >= 15 is 0 Å². The SMILES string of the molecule is CCNC(=NCc1cc(F)ccc1CS(C)(=O)=O)NCCNC(=O)c1ccccc1. The number of nitrogens with zero attached hydrogens (tertiary/aromatic N) is 1. The van der Waals surface area contributed by atoms with Gasteiger partial charge in [-0.2, -0.15) is 0 Å². The van der Waals surface area contributed by atoms with E-state index in [4.69, 9.17) is 0 Å². The average Bonchev–Trinajstić information content (AvgIpc) is 2.70. The maximum absolute atomic E-state index is 13.6. The molecule has 0 aliphatic rings. The Bertz CT molecular complexity index is 979. The van der Waals surface area contributed by atoms with Crippen molar-refractivity contribution in [2.24, 2.45) is 4.99 Å². The molecule has 0 spiro atoms. The first-order chi connectivity index (χ1) is 14.3. The smallest absolute Gasteiger partial charge is 0.251 e. The molecule has 0 aromatic heterocycles. The molecule has 2 rings (SSSR count). The summed E-state index contributed by atoms with van der Waals surface area (Å²) in [5, 5.41) is 8.97. The summed E-state index contributed by atoms with van der Waals surface area (Å²) < 4.78 is 36.9. The highest BCUT2D eigenvalue weighted by atomic mass is 32.2. The van der Waals surface area contributed by atoms with Crippen LogP contribution in [0.25, 0.3) is 0 Å². The quantitative estimate of drug-likeness (QED) is 0.318. The van der Waals surface area contributed by atoms with Gasteiger partial charge in [0, 0.05) is 31.5 Å². The molecule has 7 nitrogen and oxygen atoms in total. The van der Waals surface area contributed by atoms with Crippen LogP contribution in [-0.4, -0.2) is 46.2 Å². The Labute approximate surface area is 176 Å². The van der Waals surface area contributed by atoms with E-state index in [0.29, 0.717) is 42.3 Å². The standard InChI is InChI=1S/C21H27FN4O3S/c1-3-23-21(25-12-11-24-20(27)16-7-5-4-6-8-16)26-14-18-13-19(22)10-9-17(18)15-30(2,28)29/h4-10,13H,3,11-12,14-15H2,1-2H3,(H,24,27)(H2,23,25,26). The minimum Gasteiger partial charge on any atom is -0.357 e. The molecule has 30 heavy (non-hydrogen) atoms. The van der Waals surface area contributed by atoms with E-state index in [2.05, 4.69) is 20.9 Å². The van der Waals surface area contributed by atoms with Crippen molar-refractivity contribution in [2.45, 2.75) is 19.2 Å². The van der Waals surface area contributed by atoms with Crippen LogP contribution in [0.2, 0.25) is 0 Å². The van der Waals surface area contributed by atoms with Crippen LogP contribution in [0, 0.1) is 5.82 Å². The summed E-state index contributed by atoms with van der Waals surface area (Å²) in [4.78, 5) is 16.5. The maximum Gasteiger partial charge on any atom is 0.251 e. The third-order valence-electron chi connectivity index (χ3n) is 4.08. The molecule has 0 atom stereocenters. The van der Waals surface area contributed by atoms with Gasteiger partial charge in [-0.05, 0) is 42.3 Å². The van der Waals surface area contributed by atoms with Crippen LogP contribution in [0.5, 0.6) is 0 Å². The van der Waals surface area contributed by atoms with Gasteiger partial charge in [0.15, 0.2) is 15.8 Å². The molecule has 2 aromatic carbocycles. The first-order valence-electron chi connectivity index (χ1n) is 9.59. The van der Waals surface area contributed by atoms with Crippen LogP contribution in [0.15, 0.2) is 53.5 Å². The fourth-order valence-corrected chi connectivity index (χ4v) is 3.57. The van der Waals surface area contributed by atoms with Crippen LogP contribution < -0.4 is 16.0 Å². The second-order valence-corrected chi connectivity index (χ2v) is 8.87. The number of carbonyl (C=O) groups is 1. The third kappa shape index (κ3) is 8.20. The molecule has 3 N–H and O–H groups in total. The minimum atomic E-state index is -3.25. The van der Waals surface area contributed by atoms with Crippen molar-refractivity contribution in [2.75, 3.05) is 25.9 Å². The highest BCUT2D eigenvalue weighted by Gasteiger charge is 2.11. The van der Waals surface area contributed by atoms with Gasteiger partial charge in [-0.3, -0.25) is 4.79 Å². The molecule has 0 bridgehead atoms. The largest absolute Gasteiger partial charge is 0.357 e. The zero-order chi connectivity index (χ0) is 22.0. The van der Waals surface area contributed by atoms with Gasteiger partial charge < -0.3 is 16.0 Å². The fraction of sp³-hybridized carbons (Fsp3) is 0.333. The summed E-state index contributed by atoms with van der Waals surface area (Å²) in [6, 6.07) is 12.9. The number of sulfone groups is 1. The summed E-state index contributed by atoms with van der Waals surface area (Å²) in [6.07, 6.45) is 1.14. The van der Waals surface area contributed by atoms with Crippen LogP contribution in [-0.2, 0) is 22.1 Å². The number of carbonyl (C=O) groups excluding carboxylic acids is 1. The number of halogens is 1. The molecule has 0 radical (unpaired) electrons. The molecule has 0 fully saturated rings. The number of nitrogens with one attached hydrogen (secondary N) is 3. The topological polar surface area (TPSA) is 99.7 Å². The van der Waals surface area contributed by atoms with Gasteiger partial charge in [0.2, 0.25) is 0 Å². The summed E-state index contributed by atoms with van der Waals surface area (Å²) >= 11 is 0. The Morgan fingerprint density at radius 2 is 1.70 bits per heavy atom. The molecule has 0 saturated carbocycles. The van der Waals surface area contributed by atoms with Crippen LogP contribution in [0.1, 0.15) is 28.4 Å². The van der Waals surface area contributed by atoms with E-state index in [1.54, 1.807) is 24.3 Å². The van der Waals surface area contributed by atoms with Crippen molar-refractivity contribution in [1.82, 2.24) is 16.0 Å². The van der Waals surface area contributed by atoms with Gasteiger partial charge in [0.25, 0.3) is 5.91 Å². The molecule has 0 aliphatic carbocycles. The van der Waals surface area contributed by atoms with Gasteiger partial charge in [0.1, 0.15) is 5.82 Å². The van der Waals surface area contributed by atoms with E-state index < -0.39 is 15.7 Å². The average molecular weight is 435 g/mol. The van der Waals surface area contributed by atoms with Crippen molar-refractivity contribution >= 4 is 21.7 Å². The lowest BCUT2D eigenvalue weighted by atomic mass is 10.1. The van der Waals surface area contributed by atoms with Crippen LogP contribution in [0.3, 0.4) is 0 Å².